The molecule has 4 nitrogen and oxygen atoms in total. The summed E-state index contributed by atoms with van der Waals surface area (Å²) in [5, 5.41) is 0. The summed E-state index contributed by atoms with van der Waals surface area (Å²) in [5.74, 6) is -0.378. The number of carbonyl (C=O) groups excluding carboxylic acids is 2. The van der Waals surface area contributed by atoms with E-state index in [-0.39, 0.29) is 29.9 Å². The van der Waals surface area contributed by atoms with E-state index in [4.69, 9.17) is 9.47 Å². The van der Waals surface area contributed by atoms with E-state index in [1.54, 1.807) is 0 Å². The summed E-state index contributed by atoms with van der Waals surface area (Å²) in [6, 6.07) is 0. The highest BCUT2D eigenvalue weighted by atomic mass is 16.6. The van der Waals surface area contributed by atoms with Crippen molar-refractivity contribution in [2.75, 3.05) is 0 Å². The molecule has 1 unspecified atom stereocenters. The third kappa shape index (κ3) is 5.22. The lowest BCUT2D eigenvalue weighted by Gasteiger charge is -2.39. The Morgan fingerprint density at radius 3 is 2.04 bits per heavy atom. The van der Waals surface area contributed by atoms with Crippen LogP contribution in [0.1, 0.15) is 80.6 Å². The summed E-state index contributed by atoms with van der Waals surface area (Å²) in [6.45, 7) is 13.1. The predicted octanol–water partition coefficient (Wildman–Crippen LogP) is 4.50. The van der Waals surface area contributed by atoms with Gasteiger partial charge in [0.15, 0.2) is 0 Å². The van der Waals surface area contributed by atoms with E-state index in [1.165, 1.54) is 0 Å². The van der Waals surface area contributed by atoms with E-state index >= 15 is 0 Å². The van der Waals surface area contributed by atoms with Crippen molar-refractivity contribution in [2.45, 2.75) is 92.3 Å². The zero-order valence-corrected chi connectivity index (χ0v) is 15.9. The van der Waals surface area contributed by atoms with Gasteiger partial charge >= 0.3 is 11.9 Å². The summed E-state index contributed by atoms with van der Waals surface area (Å²) >= 11 is 0. The molecule has 4 heteroatoms. The Morgan fingerprint density at radius 2 is 1.61 bits per heavy atom. The minimum absolute atomic E-state index is 0.193. The van der Waals surface area contributed by atoms with E-state index in [0.29, 0.717) is 0 Å². The van der Waals surface area contributed by atoms with E-state index < -0.39 is 11.0 Å². The molecule has 0 heterocycles. The van der Waals surface area contributed by atoms with Gasteiger partial charge in [0.25, 0.3) is 0 Å². The lowest BCUT2D eigenvalue weighted by Crippen LogP contribution is -2.49. The molecule has 0 spiro atoms. The first-order chi connectivity index (χ1) is 10.5. The van der Waals surface area contributed by atoms with Crippen molar-refractivity contribution in [2.24, 2.45) is 17.3 Å². The summed E-state index contributed by atoms with van der Waals surface area (Å²) < 4.78 is 11.6. The fourth-order valence-electron chi connectivity index (χ4n) is 2.92. The molecule has 1 saturated carbocycles. The Labute approximate surface area is 141 Å². The second-order valence-corrected chi connectivity index (χ2v) is 8.29. The molecule has 1 fully saturated rings. The van der Waals surface area contributed by atoms with Crippen LogP contribution in [0.5, 0.6) is 0 Å². The SMILES string of the molecule is CCC(C)(C)C(=O)OC(C1CCCC1)C(C)(C)OC(=O)C(C)C. The maximum atomic E-state index is 12.6. The fraction of sp³-hybridized carbons (Fsp3) is 0.895. The minimum Gasteiger partial charge on any atom is -0.457 e. The highest BCUT2D eigenvalue weighted by Gasteiger charge is 2.44. The monoisotopic (exact) mass is 326 g/mol. The van der Waals surface area contributed by atoms with Crippen LogP contribution in [0.4, 0.5) is 0 Å². The number of carbonyl (C=O) groups is 2. The smallest absolute Gasteiger partial charge is 0.311 e. The van der Waals surface area contributed by atoms with Crippen LogP contribution in [-0.4, -0.2) is 23.6 Å². The number of rotatable bonds is 7. The average Bonchev–Trinajstić information content (AvgIpc) is 2.97. The van der Waals surface area contributed by atoms with E-state index in [0.717, 1.165) is 32.1 Å². The maximum absolute atomic E-state index is 12.6. The van der Waals surface area contributed by atoms with Crippen LogP contribution < -0.4 is 0 Å². The maximum Gasteiger partial charge on any atom is 0.311 e. The van der Waals surface area contributed by atoms with Gasteiger partial charge < -0.3 is 9.47 Å². The van der Waals surface area contributed by atoms with E-state index in [9.17, 15) is 9.59 Å². The molecule has 0 aliphatic heterocycles. The number of esters is 2. The second-order valence-electron chi connectivity index (χ2n) is 8.29. The van der Waals surface area contributed by atoms with Crippen LogP contribution in [0.25, 0.3) is 0 Å². The number of ether oxygens (including phenoxy) is 2. The Balaban J connectivity index is 2.95. The highest BCUT2D eigenvalue weighted by Crippen LogP contribution is 2.37. The summed E-state index contributed by atoms with van der Waals surface area (Å²) in [7, 11) is 0. The molecule has 1 rings (SSSR count). The van der Waals surface area contributed by atoms with Crippen LogP contribution in [0.3, 0.4) is 0 Å². The van der Waals surface area contributed by atoms with Crippen LogP contribution in [0.15, 0.2) is 0 Å². The summed E-state index contributed by atoms with van der Waals surface area (Å²) in [4.78, 5) is 24.6. The molecule has 0 aromatic carbocycles. The first kappa shape index (κ1) is 20.0. The lowest BCUT2D eigenvalue weighted by molar-refractivity contribution is -0.194. The van der Waals surface area contributed by atoms with Crippen LogP contribution in [0.2, 0.25) is 0 Å². The average molecular weight is 326 g/mol. The van der Waals surface area contributed by atoms with Gasteiger partial charge in [0.1, 0.15) is 11.7 Å². The third-order valence-electron chi connectivity index (χ3n) is 5.02. The van der Waals surface area contributed by atoms with Crippen molar-refractivity contribution in [3.05, 3.63) is 0 Å². The van der Waals surface area contributed by atoms with Gasteiger partial charge in [-0.3, -0.25) is 9.59 Å². The molecule has 0 bridgehead atoms. The summed E-state index contributed by atoms with van der Waals surface area (Å²) in [5.41, 5.74) is -1.33. The largest absolute Gasteiger partial charge is 0.457 e. The quantitative estimate of drug-likeness (QED) is 0.646. The van der Waals surface area contributed by atoms with Crippen LogP contribution in [0, 0.1) is 17.3 Å². The number of hydrogen-bond acceptors (Lipinski definition) is 4. The zero-order chi connectivity index (χ0) is 17.8. The van der Waals surface area contributed by atoms with Crippen molar-refractivity contribution in [3.63, 3.8) is 0 Å². The highest BCUT2D eigenvalue weighted by molar-refractivity contribution is 5.76. The van der Waals surface area contributed by atoms with Gasteiger partial charge in [-0.25, -0.2) is 0 Å². The topological polar surface area (TPSA) is 52.6 Å². The Hall–Kier alpha value is -1.06. The van der Waals surface area contributed by atoms with Crippen molar-refractivity contribution in [1.82, 2.24) is 0 Å². The van der Waals surface area contributed by atoms with Gasteiger partial charge in [0, 0.05) is 0 Å². The van der Waals surface area contributed by atoms with Gasteiger partial charge in [0.2, 0.25) is 0 Å². The molecule has 1 atom stereocenters. The van der Waals surface area contributed by atoms with Crippen molar-refractivity contribution in [1.29, 1.82) is 0 Å². The van der Waals surface area contributed by atoms with Crippen molar-refractivity contribution < 1.29 is 19.1 Å². The molecular formula is C19H34O4. The third-order valence-corrected chi connectivity index (χ3v) is 5.02. The fourth-order valence-corrected chi connectivity index (χ4v) is 2.92. The molecule has 1 aliphatic carbocycles. The van der Waals surface area contributed by atoms with Gasteiger partial charge in [-0.05, 0) is 52.9 Å². The second kappa shape index (κ2) is 7.67. The lowest BCUT2D eigenvalue weighted by atomic mass is 9.86. The Kier molecular flexibility index (Phi) is 6.67. The number of hydrogen-bond donors (Lipinski definition) is 0. The molecule has 134 valence electrons. The molecule has 0 aromatic heterocycles. The normalized spacial score (nSPS) is 18.1. The first-order valence-electron chi connectivity index (χ1n) is 8.95. The Morgan fingerprint density at radius 1 is 1.09 bits per heavy atom. The molecule has 1 aliphatic rings. The zero-order valence-electron chi connectivity index (χ0n) is 15.9. The minimum atomic E-state index is -0.810. The predicted molar refractivity (Wildman–Crippen MR) is 90.9 cm³/mol. The van der Waals surface area contributed by atoms with Gasteiger partial charge in [-0.2, -0.15) is 0 Å². The molecular weight excluding hydrogens is 292 g/mol. The summed E-state index contributed by atoms with van der Waals surface area (Å²) in [6.07, 6.45) is 4.66. The van der Waals surface area contributed by atoms with Crippen LogP contribution >= 0.6 is 0 Å². The van der Waals surface area contributed by atoms with Gasteiger partial charge in [-0.1, -0.05) is 33.6 Å². The Bertz CT molecular complexity index is 417. The van der Waals surface area contributed by atoms with Crippen LogP contribution in [-0.2, 0) is 19.1 Å². The molecule has 23 heavy (non-hydrogen) atoms. The molecule has 0 aromatic rings. The van der Waals surface area contributed by atoms with Crippen molar-refractivity contribution in [3.8, 4) is 0 Å². The standard InChI is InChI=1S/C19H34O4/c1-8-18(4,5)17(21)22-15(14-11-9-10-12-14)19(6,7)23-16(20)13(2)3/h13-15H,8-12H2,1-7H3. The van der Waals surface area contributed by atoms with E-state index in [1.807, 2.05) is 48.5 Å². The van der Waals surface area contributed by atoms with Gasteiger partial charge in [-0.15, -0.1) is 0 Å². The van der Waals surface area contributed by atoms with Crippen molar-refractivity contribution >= 4 is 11.9 Å². The molecule has 0 saturated heterocycles. The van der Waals surface area contributed by atoms with Gasteiger partial charge in [0.05, 0.1) is 11.3 Å². The molecule has 0 amide bonds. The molecule has 0 radical (unpaired) electrons. The van der Waals surface area contributed by atoms with E-state index in [2.05, 4.69) is 0 Å². The molecule has 0 N–H and O–H groups in total. The first-order valence-corrected chi connectivity index (χ1v) is 8.95.